The summed E-state index contributed by atoms with van der Waals surface area (Å²) in [5, 5.41) is 13.6. The van der Waals surface area contributed by atoms with E-state index in [2.05, 4.69) is 9.97 Å². The molecule has 2 aromatic rings. The second kappa shape index (κ2) is 5.44. The van der Waals surface area contributed by atoms with Crippen molar-refractivity contribution in [2.45, 2.75) is 0 Å². The van der Waals surface area contributed by atoms with Gasteiger partial charge in [0.25, 0.3) is 5.09 Å². The van der Waals surface area contributed by atoms with Gasteiger partial charge in [-0.1, -0.05) is 0 Å². The number of nitrogens with zero attached hydrogens (tertiary/aromatic N) is 2. The molecule has 0 fully saturated rings. The van der Waals surface area contributed by atoms with Gasteiger partial charge < -0.3 is 10.2 Å². The van der Waals surface area contributed by atoms with E-state index in [0.717, 1.165) is 11.3 Å². The summed E-state index contributed by atoms with van der Waals surface area (Å²) >= 11 is 0. The zero-order valence-corrected chi connectivity index (χ0v) is 8.00. The molecule has 0 amide bonds. The van der Waals surface area contributed by atoms with Crippen molar-refractivity contribution in [3.8, 4) is 11.3 Å². The molecule has 0 saturated carbocycles. The molecule has 1 aromatic heterocycles. The Balaban J connectivity index is 0.000000280. The number of benzene rings is 1. The number of hydrogen-bond acceptors (Lipinski definition) is 3. The van der Waals surface area contributed by atoms with Crippen LogP contribution in [0.25, 0.3) is 11.3 Å². The van der Waals surface area contributed by atoms with Gasteiger partial charge in [-0.25, -0.2) is 9.37 Å². The van der Waals surface area contributed by atoms with Crippen LogP contribution in [0.15, 0.2) is 36.8 Å². The summed E-state index contributed by atoms with van der Waals surface area (Å²) < 4.78 is 12.5. The molecule has 0 bridgehead atoms. The average Bonchev–Trinajstić information content (AvgIpc) is 2.71. The molecule has 7 heteroatoms. The van der Waals surface area contributed by atoms with E-state index in [4.69, 9.17) is 15.3 Å². The highest BCUT2D eigenvalue weighted by atomic mass is 19.1. The van der Waals surface area contributed by atoms with Gasteiger partial charge in [0.1, 0.15) is 5.82 Å². The van der Waals surface area contributed by atoms with Gasteiger partial charge in [-0.3, -0.25) is 0 Å². The molecule has 1 aromatic carbocycles. The lowest BCUT2D eigenvalue weighted by Crippen LogP contribution is -1.81. The monoisotopic (exact) mass is 225 g/mol. The SMILES string of the molecule is Fc1ccc(-c2cnc[nH]2)cc1.O=[N+]([O-])O. The van der Waals surface area contributed by atoms with E-state index in [0.29, 0.717) is 0 Å². The molecule has 0 radical (unpaired) electrons. The smallest absolute Gasteiger partial charge is 0.291 e. The second-order valence-electron chi connectivity index (χ2n) is 2.71. The minimum atomic E-state index is -1.50. The Hall–Kier alpha value is -2.44. The average molecular weight is 225 g/mol. The van der Waals surface area contributed by atoms with E-state index in [1.54, 1.807) is 24.7 Å². The highest BCUT2D eigenvalue weighted by molar-refractivity contribution is 5.57. The zero-order valence-electron chi connectivity index (χ0n) is 8.00. The van der Waals surface area contributed by atoms with Crippen molar-refractivity contribution in [2.24, 2.45) is 0 Å². The van der Waals surface area contributed by atoms with E-state index in [1.165, 1.54) is 12.1 Å². The predicted octanol–water partition coefficient (Wildman–Crippen LogP) is 1.87. The van der Waals surface area contributed by atoms with Crippen LogP contribution >= 0.6 is 0 Å². The first-order chi connectivity index (χ1) is 7.59. The second-order valence-corrected chi connectivity index (χ2v) is 2.71. The molecular formula is C9H8FN3O3. The Kier molecular flexibility index (Phi) is 3.96. The lowest BCUT2D eigenvalue weighted by molar-refractivity contribution is -0.742. The molecule has 0 aliphatic carbocycles. The third-order valence-corrected chi connectivity index (χ3v) is 1.65. The molecule has 0 atom stereocenters. The molecule has 0 saturated heterocycles. The van der Waals surface area contributed by atoms with Crippen molar-refractivity contribution in [2.75, 3.05) is 0 Å². The number of rotatable bonds is 1. The molecule has 0 spiro atoms. The van der Waals surface area contributed by atoms with Crippen LogP contribution in [0.4, 0.5) is 4.39 Å². The van der Waals surface area contributed by atoms with E-state index in [1.807, 2.05) is 0 Å². The molecule has 2 rings (SSSR count). The normalized spacial score (nSPS) is 9.06. The number of imidazole rings is 1. The summed E-state index contributed by atoms with van der Waals surface area (Å²) in [5.41, 5.74) is 1.84. The topological polar surface area (TPSA) is 92.0 Å². The van der Waals surface area contributed by atoms with Crippen molar-refractivity contribution < 1.29 is 14.7 Å². The van der Waals surface area contributed by atoms with Crippen molar-refractivity contribution in [3.05, 3.63) is 52.7 Å². The fourth-order valence-electron chi connectivity index (χ4n) is 1.04. The van der Waals surface area contributed by atoms with Crippen LogP contribution in [0.3, 0.4) is 0 Å². The molecule has 0 unspecified atom stereocenters. The van der Waals surface area contributed by atoms with Crippen LogP contribution in [0.5, 0.6) is 0 Å². The summed E-state index contributed by atoms with van der Waals surface area (Å²) in [6.07, 6.45) is 3.30. The maximum atomic E-state index is 12.5. The molecule has 1 heterocycles. The Morgan fingerprint density at radius 3 is 2.38 bits per heavy atom. The number of aromatic amines is 1. The van der Waals surface area contributed by atoms with Crippen LogP contribution in [-0.4, -0.2) is 20.3 Å². The Morgan fingerprint density at radius 2 is 1.94 bits per heavy atom. The summed E-state index contributed by atoms with van der Waals surface area (Å²) in [7, 11) is 0. The van der Waals surface area contributed by atoms with E-state index >= 15 is 0 Å². The van der Waals surface area contributed by atoms with Crippen molar-refractivity contribution in [1.82, 2.24) is 9.97 Å². The van der Waals surface area contributed by atoms with Gasteiger partial charge in [0.15, 0.2) is 0 Å². The van der Waals surface area contributed by atoms with Crippen molar-refractivity contribution in [3.63, 3.8) is 0 Å². The molecule has 0 aliphatic rings. The fourth-order valence-corrected chi connectivity index (χ4v) is 1.04. The predicted molar refractivity (Wildman–Crippen MR) is 52.8 cm³/mol. The molecular weight excluding hydrogens is 217 g/mol. The Labute approximate surface area is 89.5 Å². The first-order valence-electron chi connectivity index (χ1n) is 4.17. The largest absolute Gasteiger partial charge is 0.345 e. The first kappa shape index (κ1) is 11.6. The Morgan fingerprint density at radius 1 is 1.38 bits per heavy atom. The Bertz CT molecular complexity index is 438. The maximum Gasteiger partial charge on any atom is 0.291 e. The van der Waals surface area contributed by atoms with Crippen LogP contribution in [0.1, 0.15) is 0 Å². The van der Waals surface area contributed by atoms with Gasteiger partial charge >= 0.3 is 0 Å². The zero-order chi connectivity index (χ0) is 12.0. The first-order valence-corrected chi connectivity index (χ1v) is 4.17. The van der Waals surface area contributed by atoms with Gasteiger partial charge in [-0.05, 0) is 29.8 Å². The molecule has 0 aliphatic heterocycles. The number of halogens is 1. The fraction of sp³-hybridized carbons (Fsp3) is 0. The standard InChI is InChI=1S/C9H7FN2.HNO3/c10-8-3-1-7(2-4-8)9-5-11-6-12-9;2-1(3)4/h1-6H,(H,11,12);(H,2,3,4). The van der Waals surface area contributed by atoms with Crippen LogP contribution in [0.2, 0.25) is 0 Å². The van der Waals surface area contributed by atoms with Gasteiger partial charge in [0, 0.05) is 0 Å². The summed E-state index contributed by atoms with van der Waals surface area (Å²) in [5.74, 6) is -0.224. The number of hydrogen-bond donors (Lipinski definition) is 2. The number of aromatic nitrogens is 2. The van der Waals surface area contributed by atoms with E-state index in [-0.39, 0.29) is 5.82 Å². The molecule has 84 valence electrons. The lowest BCUT2D eigenvalue weighted by atomic mass is 10.2. The molecule has 16 heavy (non-hydrogen) atoms. The molecule has 6 nitrogen and oxygen atoms in total. The third kappa shape index (κ3) is 3.74. The van der Waals surface area contributed by atoms with Crippen LogP contribution < -0.4 is 0 Å². The lowest BCUT2D eigenvalue weighted by Gasteiger charge is -1.95. The van der Waals surface area contributed by atoms with Crippen LogP contribution in [0, 0.1) is 15.9 Å². The van der Waals surface area contributed by atoms with Gasteiger partial charge in [-0.2, -0.15) is 0 Å². The van der Waals surface area contributed by atoms with Gasteiger partial charge in [-0.15, -0.1) is 10.1 Å². The van der Waals surface area contributed by atoms with Crippen LogP contribution in [-0.2, 0) is 0 Å². The number of nitrogens with one attached hydrogen (secondary N) is 1. The summed E-state index contributed by atoms with van der Waals surface area (Å²) in [6, 6.07) is 6.28. The van der Waals surface area contributed by atoms with Gasteiger partial charge in [0.05, 0.1) is 18.2 Å². The summed E-state index contributed by atoms with van der Waals surface area (Å²) in [6.45, 7) is 0. The quantitative estimate of drug-likeness (QED) is 0.572. The van der Waals surface area contributed by atoms with E-state index in [9.17, 15) is 4.39 Å². The minimum absolute atomic E-state index is 0.224. The van der Waals surface area contributed by atoms with Crippen molar-refractivity contribution in [1.29, 1.82) is 0 Å². The minimum Gasteiger partial charge on any atom is -0.345 e. The maximum absolute atomic E-state index is 12.5. The van der Waals surface area contributed by atoms with Gasteiger partial charge in [0.2, 0.25) is 0 Å². The third-order valence-electron chi connectivity index (χ3n) is 1.65. The number of H-pyrrole nitrogens is 1. The highest BCUT2D eigenvalue weighted by Crippen LogP contribution is 2.15. The highest BCUT2D eigenvalue weighted by Gasteiger charge is 1.97. The molecule has 2 N–H and O–H groups in total. The van der Waals surface area contributed by atoms with Crippen molar-refractivity contribution >= 4 is 0 Å². The summed E-state index contributed by atoms with van der Waals surface area (Å²) in [4.78, 5) is 15.2. The van der Waals surface area contributed by atoms with E-state index < -0.39 is 5.09 Å².